The summed E-state index contributed by atoms with van der Waals surface area (Å²) in [4.78, 5) is 48.5. The van der Waals surface area contributed by atoms with Crippen molar-refractivity contribution < 1.29 is 24.3 Å². The van der Waals surface area contributed by atoms with Gasteiger partial charge in [-0.3, -0.25) is 19.7 Å². The molecule has 2 N–H and O–H groups in total. The average molecular weight is 328 g/mol. The Morgan fingerprint density at radius 1 is 1.29 bits per heavy atom. The van der Waals surface area contributed by atoms with Gasteiger partial charge in [0.25, 0.3) is 5.91 Å². The highest BCUT2D eigenvalue weighted by molar-refractivity contribution is 6.05. The predicted octanol–water partition coefficient (Wildman–Crippen LogP) is 0.935. The molecule has 7 heteroatoms. The van der Waals surface area contributed by atoms with Gasteiger partial charge in [-0.1, -0.05) is 12.1 Å². The van der Waals surface area contributed by atoms with Crippen molar-refractivity contribution >= 4 is 29.8 Å². The quantitative estimate of drug-likeness (QED) is 0.635. The number of carboxylic acids is 1. The van der Waals surface area contributed by atoms with Gasteiger partial charge in [-0.05, 0) is 36.1 Å². The van der Waals surface area contributed by atoms with E-state index < -0.39 is 17.9 Å². The molecule has 0 aliphatic carbocycles. The Labute approximate surface area is 137 Å². The minimum absolute atomic E-state index is 0.223. The maximum Gasteiger partial charge on any atom is 0.328 e. The molecule has 7 nitrogen and oxygen atoms in total. The molecule has 2 heterocycles. The lowest BCUT2D eigenvalue weighted by atomic mass is 10.0. The van der Waals surface area contributed by atoms with Gasteiger partial charge >= 0.3 is 5.97 Å². The van der Waals surface area contributed by atoms with Crippen molar-refractivity contribution in [1.29, 1.82) is 0 Å². The lowest BCUT2D eigenvalue weighted by Gasteiger charge is -2.24. The van der Waals surface area contributed by atoms with Gasteiger partial charge in [-0.15, -0.1) is 0 Å². The van der Waals surface area contributed by atoms with Crippen LogP contribution in [0.15, 0.2) is 24.3 Å². The largest absolute Gasteiger partial charge is 0.478 e. The van der Waals surface area contributed by atoms with Crippen molar-refractivity contribution in [1.82, 2.24) is 10.2 Å². The van der Waals surface area contributed by atoms with Crippen LogP contribution in [0.2, 0.25) is 0 Å². The number of imide groups is 1. The van der Waals surface area contributed by atoms with Gasteiger partial charge < -0.3 is 10.0 Å². The molecular weight excluding hydrogens is 312 g/mol. The second-order valence-corrected chi connectivity index (χ2v) is 5.80. The molecule has 1 aromatic rings. The number of carboxylic acid groups (broad SMARTS) is 1. The van der Waals surface area contributed by atoms with E-state index >= 15 is 0 Å². The molecule has 0 spiro atoms. The molecule has 2 aliphatic rings. The monoisotopic (exact) mass is 328 g/mol. The first-order valence-electron chi connectivity index (χ1n) is 7.65. The summed E-state index contributed by atoms with van der Waals surface area (Å²) in [5.74, 6) is -2.13. The molecule has 124 valence electrons. The standard InChI is InChI=1S/C17H16N2O5/c20-14-6-2-5-13(16(23)18-14)19-9-12-10(7-8-15(21)22)3-1-4-11(12)17(19)24/h1,3-4,7-8,13H,2,5-6,9H2,(H,21,22)(H,18,20,23). The van der Waals surface area contributed by atoms with Crippen LogP contribution in [0.5, 0.6) is 0 Å². The van der Waals surface area contributed by atoms with E-state index in [1.54, 1.807) is 18.2 Å². The molecule has 0 bridgehead atoms. The number of aliphatic carboxylic acids is 1. The third-order valence-electron chi connectivity index (χ3n) is 4.26. The number of hydrogen-bond acceptors (Lipinski definition) is 4. The molecule has 1 aromatic carbocycles. The minimum atomic E-state index is -1.07. The fraction of sp³-hybridized carbons (Fsp3) is 0.294. The highest BCUT2D eigenvalue weighted by Crippen LogP contribution is 2.30. The van der Waals surface area contributed by atoms with E-state index in [1.807, 2.05) is 0 Å². The van der Waals surface area contributed by atoms with Crippen LogP contribution < -0.4 is 5.32 Å². The van der Waals surface area contributed by atoms with Crippen molar-refractivity contribution in [3.05, 3.63) is 41.0 Å². The summed E-state index contributed by atoms with van der Waals surface area (Å²) in [7, 11) is 0. The number of fused-ring (bicyclic) bond motifs is 1. The Bertz CT molecular complexity index is 768. The van der Waals surface area contributed by atoms with E-state index in [0.29, 0.717) is 29.5 Å². The summed E-state index contributed by atoms with van der Waals surface area (Å²) in [6.45, 7) is 0.223. The SMILES string of the molecule is O=C(O)C=Cc1cccc2c1CN(C1CCCC(=O)NC1=O)C2=O. The molecule has 1 fully saturated rings. The zero-order valence-corrected chi connectivity index (χ0v) is 12.8. The zero-order chi connectivity index (χ0) is 17.3. The van der Waals surface area contributed by atoms with Crippen molar-refractivity contribution in [2.75, 3.05) is 0 Å². The number of carbonyl (C=O) groups excluding carboxylic acids is 3. The van der Waals surface area contributed by atoms with E-state index in [2.05, 4.69) is 5.32 Å². The highest BCUT2D eigenvalue weighted by atomic mass is 16.4. The first kappa shape index (κ1) is 15.9. The molecule has 3 rings (SSSR count). The first-order chi connectivity index (χ1) is 11.5. The molecule has 1 unspecified atom stereocenters. The maximum atomic E-state index is 12.6. The molecule has 1 saturated heterocycles. The number of benzene rings is 1. The predicted molar refractivity (Wildman–Crippen MR) is 83.8 cm³/mol. The van der Waals surface area contributed by atoms with Crippen molar-refractivity contribution in [2.45, 2.75) is 31.8 Å². The number of carbonyl (C=O) groups is 4. The van der Waals surface area contributed by atoms with E-state index in [0.717, 1.165) is 6.08 Å². The van der Waals surface area contributed by atoms with Gasteiger partial charge in [0.2, 0.25) is 11.8 Å². The Hall–Kier alpha value is -2.96. The topological polar surface area (TPSA) is 104 Å². The van der Waals surface area contributed by atoms with Crippen LogP contribution in [0.1, 0.15) is 40.7 Å². The Balaban J connectivity index is 1.90. The number of nitrogens with one attached hydrogen (secondary N) is 1. The minimum Gasteiger partial charge on any atom is -0.478 e. The molecule has 24 heavy (non-hydrogen) atoms. The van der Waals surface area contributed by atoms with Crippen LogP contribution >= 0.6 is 0 Å². The number of nitrogens with zero attached hydrogens (tertiary/aromatic N) is 1. The van der Waals surface area contributed by atoms with E-state index in [4.69, 9.17) is 5.11 Å². The van der Waals surface area contributed by atoms with Gasteiger partial charge in [-0.2, -0.15) is 0 Å². The van der Waals surface area contributed by atoms with Crippen LogP contribution in [0.25, 0.3) is 6.08 Å². The van der Waals surface area contributed by atoms with Crippen molar-refractivity contribution in [2.24, 2.45) is 0 Å². The fourth-order valence-corrected chi connectivity index (χ4v) is 3.11. The fourth-order valence-electron chi connectivity index (χ4n) is 3.11. The van der Waals surface area contributed by atoms with E-state index in [1.165, 1.54) is 11.0 Å². The first-order valence-corrected chi connectivity index (χ1v) is 7.65. The molecule has 0 saturated carbocycles. The lowest BCUT2D eigenvalue weighted by Crippen LogP contribution is -2.46. The van der Waals surface area contributed by atoms with Crippen molar-refractivity contribution in [3.63, 3.8) is 0 Å². The molecular formula is C17H16N2O5. The van der Waals surface area contributed by atoms with E-state index in [9.17, 15) is 19.2 Å². The summed E-state index contributed by atoms with van der Waals surface area (Å²) in [6, 6.07) is 4.38. The average Bonchev–Trinajstić information content (AvgIpc) is 2.76. The summed E-state index contributed by atoms with van der Waals surface area (Å²) in [6.07, 6.45) is 3.68. The van der Waals surface area contributed by atoms with Crippen LogP contribution in [-0.2, 0) is 20.9 Å². The van der Waals surface area contributed by atoms with Gasteiger partial charge in [0, 0.05) is 24.6 Å². The van der Waals surface area contributed by atoms with Gasteiger partial charge in [0.15, 0.2) is 0 Å². The van der Waals surface area contributed by atoms with Crippen LogP contribution in [-0.4, -0.2) is 39.7 Å². The second-order valence-electron chi connectivity index (χ2n) is 5.80. The van der Waals surface area contributed by atoms with Crippen LogP contribution in [0, 0.1) is 0 Å². The third-order valence-corrected chi connectivity index (χ3v) is 4.26. The Morgan fingerprint density at radius 2 is 2.08 bits per heavy atom. The molecule has 3 amide bonds. The summed E-state index contributed by atoms with van der Waals surface area (Å²) >= 11 is 0. The Morgan fingerprint density at radius 3 is 2.83 bits per heavy atom. The van der Waals surface area contributed by atoms with Gasteiger partial charge in [0.1, 0.15) is 6.04 Å². The summed E-state index contributed by atoms with van der Waals surface area (Å²) < 4.78 is 0. The Kier molecular flexibility index (Phi) is 4.16. The maximum absolute atomic E-state index is 12.6. The van der Waals surface area contributed by atoms with Crippen LogP contribution in [0.3, 0.4) is 0 Å². The number of amides is 3. The van der Waals surface area contributed by atoms with Crippen LogP contribution in [0.4, 0.5) is 0 Å². The van der Waals surface area contributed by atoms with Gasteiger partial charge in [0.05, 0.1) is 0 Å². The molecule has 0 radical (unpaired) electrons. The summed E-state index contributed by atoms with van der Waals surface area (Å²) in [5, 5.41) is 11.1. The number of rotatable bonds is 3. The summed E-state index contributed by atoms with van der Waals surface area (Å²) in [5.41, 5.74) is 1.80. The third kappa shape index (κ3) is 2.92. The van der Waals surface area contributed by atoms with Crippen molar-refractivity contribution in [3.8, 4) is 0 Å². The highest BCUT2D eigenvalue weighted by Gasteiger charge is 2.38. The normalized spacial score (nSPS) is 20.9. The number of hydrogen-bond donors (Lipinski definition) is 2. The zero-order valence-electron chi connectivity index (χ0n) is 12.8. The molecule has 2 aliphatic heterocycles. The lowest BCUT2D eigenvalue weighted by molar-refractivity contribution is -0.132. The second kappa shape index (κ2) is 6.27. The van der Waals surface area contributed by atoms with E-state index in [-0.39, 0.29) is 24.8 Å². The molecule has 0 aromatic heterocycles. The van der Waals surface area contributed by atoms with Gasteiger partial charge in [-0.25, -0.2) is 4.79 Å². The smallest absolute Gasteiger partial charge is 0.328 e. The molecule has 1 atom stereocenters.